The van der Waals surface area contributed by atoms with Crippen molar-refractivity contribution >= 4 is 18.9 Å². The molecule has 0 aromatic rings. The van der Waals surface area contributed by atoms with Gasteiger partial charge >= 0.3 is 0 Å². The molecule has 0 saturated carbocycles. The molecule has 2 unspecified atom stereocenters. The summed E-state index contributed by atoms with van der Waals surface area (Å²) in [5, 5.41) is 0.194. The predicted octanol–water partition coefficient (Wildman–Crippen LogP) is 2.17. The second-order valence-electron chi connectivity index (χ2n) is 3.17. The van der Waals surface area contributed by atoms with Crippen LogP contribution in [-0.4, -0.2) is 11.5 Å². The Morgan fingerprint density at radius 1 is 1.40 bits per heavy atom. The highest BCUT2D eigenvalue weighted by Gasteiger charge is 2.13. The topological polar surface area (TPSA) is 17.1 Å². The van der Waals surface area contributed by atoms with E-state index in [2.05, 4.69) is 26.5 Å². The van der Waals surface area contributed by atoms with E-state index in [0.717, 1.165) is 12.7 Å². The van der Waals surface area contributed by atoms with E-state index in [1.54, 1.807) is 0 Å². The molecule has 0 bridgehead atoms. The normalized spacial score (nSPS) is 16.9. The summed E-state index contributed by atoms with van der Waals surface area (Å²) in [6.45, 7) is 6.20. The second-order valence-corrected chi connectivity index (χ2v) is 3.98. The van der Waals surface area contributed by atoms with Crippen LogP contribution in [0.1, 0.15) is 27.2 Å². The predicted molar refractivity (Wildman–Crippen MR) is 47.5 cm³/mol. The van der Waals surface area contributed by atoms with Gasteiger partial charge in [0, 0.05) is 11.2 Å². The smallest absolute Gasteiger partial charge is 0.124 e. The van der Waals surface area contributed by atoms with Gasteiger partial charge < -0.3 is 4.79 Å². The first kappa shape index (κ1) is 10.0. The lowest BCUT2D eigenvalue weighted by molar-refractivity contribution is -0.111. The minimum absolute atomic E-state index is 0.128. The lowest BCUT2D eigenvalue weighted by Crippen LogP contribution is -2.15. The minimum atomic E-state index is 0.128. The molecular weight excluding hydrogens is 144 g/mol. The summed E-state index contributed by atoms with van der Waals surface area (Å²) in [7, 11) is 0. The van der Waals surface area contributed by atoms with Crippen LogP contribution in [0.3, 0.4) is 0 Å². The molecule has 0 aromatic heterocycles. The summed E-state index contributed by atoms with van der Waals surface area (Å²) in [6.07, 6.45) is 1.96. The zero-order valence-electron chi connectivity index (χ0n) is 6.87. The maximum atomic E-state index is 10.4. The van der Waals surface area contributed by atoms with Gasteiger partial charge in [-0.15, -0.1) is 0 Å². The molecule has 2 atom stereocenters. The van der Waals surface area contributed by atoms with Crippen molar-refractivity contribution in [1.29, 1.82) is 0 Å². The SMILES string of the molecule is CC(C)CC(C=O)C(C)S. The van der Waals surface area contributed by atoms with Gasteiger partial charge in [-0.05, 0) is 12.3 Å². The lowest BCUT2D eigenvalue weighted by Gasteiger charge is -2.14. The fraction of sp³-hybridized carbons (Fsp3) is 0.875. The Kier molecular flexibility index (Phi) is 4.79. The molecule has 2 heteroatoms. The van der Waals surface area contributed by atoms with Crippen molar-refractivity contribution in [1.82, 2.24) is 0 Å². The molecule has 0 N–H and O–H groups in total. The summed E-state index contributed by atoms with van der Waals surface area (Å²) < 4.78 is 0. The molecule has 0 radical (unpaired) electrons. The first-order valence-corrected chi connectivity index (χ1v) is 4.23. The van der Waals surface area contributed by atoms with E-state index in [4.69, 9.17) is 0 Å². The Hall–Kier alpha value is 0.0200. The number of aldehydes is 1. The molecule has 60 valence electrons. The third kappa shape index (κ3) is 3.94. The van der Waals surface area contributed by atoms with E-state index < -0.39 is 0 Å². The van der Waals surface area contributed by atoms with E-state index in [9.17, 15) is 4.79 Å². The van der Waals surface area contributed by atoms with Gasteiger partial charge in [0.15, 0.2) is 0 Å². The molecule has 0 aromatic carbocycles. The molecule has 0 aliphatic heterocycles. The van der Waals surface area contributed by atoms with Crippen LogP contribution >= 0.6 is 12.6 Å². The van der Waals surface area contributed by atoms with Crippen LogP contribution in [0.15, 0.2) is 0 Å². The van der Waals surface area contributed by atoms with Crippen LogP contribution < -0.4 is 0 Å². The molecule has 0 saturated heterocycles. The molecule has 1 nitrogen and oxygen atoms in total. The van der Waals surface area contributed by atoms with Gasteiger partial charge in [0.25, 0.3) is 0 Å². The van der Waals surface area contributed by atoms with Gasteiger partial charge in [0.05, 0.1) is 0 Å². The van der Waals surface area contributed by atoms with E-state index in [1.807, 2.05) is 6.92 Å². The van der Waals surface area contributed by atoms with Crippen molar-refractivity contribution < 1.29 is 4.79 Å². The minimum Gasteiger partial charge on any atom is -0.303 e. The maximum absolute atomic E-state index is 10.4. The molecule has 0 rings (SSSR count). The first-order valence-electron chi connectivity index (χ1n) is 3.71. The molecule has 0 spiro atoms. The number of carbonyl (C=O) groups excluding carboxylic acids is 1. The zero-order valence-corrected chi connectivity index (χ0v) is 7.77. The lowest BCUT2D eigenvalue weighted by atomic mass is 9.96. The van der Waals surface area contributed by atoms with Crippen molar-refractivity contribution in [2.75, 3.05) is 0 Å². The van der Waals surface area contributed by atoms with Crippen molar-refractivity contribution in [2.24, 2.45) is 11.8 Å². The molecule has 0 heterocycles. The van der Waals surface area contributed by atoms with Gasteiger partial charge in [-0.25, -0.2) is 0 Å². The van der Waals surface area contributed by atoms with Gasteiger partial charge in [0.2, 0.25) is 0 Å². The standard InChI is InChI=1S/C8H16OS/c1-6(2)4-8(5-9)7(3)10/h5-8,10H,4H2,1-3H3. The first-order chi connectivity index (χ1) is 4.57. The summed E-state index contributed by atoms with van der Waals surface area (Å²) >= 11 is 4.22. The molecule has 0 aliphatic rings. The van der Waals surface area contributed by atoms with Crippen LogP contribution in [-0.2, 0) is 4.79 Å². The Bertz CT molecular complexity index is 99.4. The van der Waals surface area contributed by atoms with Gasteiger partial charge in [-0.3, -0.25) is 0 Å². The van der Waals surface area contributed by atoms with Crippen LogP contribution in [0.25, 0.3) is 0 Å². The summed E-state index contributed by atoms with van der Waals surface area (Å²) in [5.74, 6) is 0.716. The van der Waals surface area contributed by atoms with Crippen molar-refractivity contribution in [2.45, 2.75) is 32.4 Å². The molecule has 0 fully saturated rings. The number of hydrogen-bond acceptors (Lipinski definition) is 2. The second kappa shape index (κ2) is 4.78. The highest BCUT2D eigenvalue weighted by atomic mass is 32.1. The average molecular weight is 160 g/mol. The highest BCUT2D eigenvalue weighted by molar-refractivity contribution is 7.81. The van der Waals surface area contributed by atoms with Crippen LogP contribution in [0.4, 0.5) is 0 Å². The van der Waals surface area contributed by atoms with Crippen molar-refractivity contribution in [3.8, 4) is 0 Å². The van der Waals surface area contributed by atoms with Gasteiger partial charge in [0.1, 0.15) is 6.29 Å². The van der Waals surface area contributed by atoms with Crippen LogP contribution in [0, 0.1) is 11.8 Å². The Morgan fingerprint density at radius 2 is 1.90 bits per heavy atom. The fourth-order valence-corrected chi connectivity index (χ4v) is 1.10. The van der Waals surface area contributed by atoms with Crippen molar-refractivity contribution in [3.63, 3.8) is 0 Å². The zero-order chi connectivity index (χ0) is 8.15. The summed E-state index contributed by atoms with van der Waals surface area (Å²) in [5.41, 5.74) is 0. The molecular formula is C8H16OS. The summed E-state index contributed by atoms with van der Waals surface area (Å²) in [4.78, 5) is 10.4. The van der Waals surface area contributed by atoms with E-state index in [0.29, 0.717) is 5.92 Å². The molecule has 0 aliphatic carbocycles. The Labute approximate surface area is 68.6 Å². The number of rotatable bonds is 4. The van der Waals surface area contributed by atoms with Gasteiger partial charge in [-0.1, -0.05) is 20.8 Å². The molecule has 10 heavy (non-hydrogen) atoms. The third-order valence-electron chi connectivity index (χ3n) is 1.54. The fourth-order valence-electron chi connectivity index (χ4n) is 0.911. The largest absolute Gasteiger partial charge is 0.303 e. The average Bonchev–Trinajstić information content (AvgIpc) is 1.81. The number of hydrogen-bond donors (Lipinski definition) is 1. The van der Waals surface area contributed by atoms with E-state index in [-0.39, 0.29) is 11.2 Å². The van der Waals surface area contributed by atoms with Gasteiger partial charge in [-0.2, -0.15) is 12.6 Å². The van der Waals surface area contributed by atoms with E-state index >= 15 is 0 Å². The maximum Gasteiger partial charge on any atom is 0.124 e. The monoisotopic (exact) mass is 160 g/mol. The van der Waals surface area contributed by atoms with Crippen LogP contribution in [0.2, 0.25) is 0 Å². The third-order valence-corrected chi connectivity index (χ3v) is 1.92. The molecule has 0 amide bonds. The quantitative estimate of drug-likeness (QED) is 0.492. The highest BCUT2D eigenvalue weighted by Crippen LogP contribution is 2.16. The van der Waals surface area contributed by atoms with Crippen LogP contribution in [0.5, 0.6) is 0 Å². The Balaban J connectivity index is 3.71. The number of thiol groups is 1. The van der Waals surface area contributed by atoms with E-state index in [1.165, 1.54) is 0 Å². The van der Waals surface area contributed by atoms with Crippen molar-refractivity contribution in [3.05, 3.63) is 0 Å². The summed E-state index contributed by atoms with van der Waals surface area (Å²) in [6, 6.07) is 0. The Morgan fingerprint density at radius 3 is 2.00 bits per heavy atom. The number of carbonyl (C=O) groups is 1.